The van der Waals surface area contributed by atoms with E-state index in [9.17, 15) is 0 Å². The molecule has 4 heteroatoms. The van der Waals surface area contributed by atoms with Crippen molar-refractivity contribution in [2.45, 2.75) is 59.4 Å². The summed E-state index contributed by atoms with van der Waals surface area (Å²) in [6.07, 6.45) is 2.95. The first kappa shape index (κ1) is 20.8. The molecular formula is C22H35NO3. The van der Waals surface area contributed by atoms with Gasteiger partial charge in [0.1, 0.15) is 0 Å². The van der Waals surface area contributed by atoms with E-state index in [0.29, 0.717) is 25.0 Å². The van der Waals surface area contributed by atoms with Crippen molar-refractivity contribution in [3.8, 4) is 11.5 Å². The molecule has 0 saturated heterocycles. The Labute approximate surface area is 159 Å². The molecule has 0 N–H and O–H groups in total. The second-order valence-electron chi connectivity index (χ2n) is 8.50. The van der Waals surface area contributed by atoms with Gasteiger partial charge in [-0.2, -0.15) is 0 Å². The molecule has 0 amide bonds. The maximum atomic E-state index is 5.98. The Bertz CT molecular complexity index is 629. The summed E-state index contributed by atoms with van der Waals surface area (Å²) < 4.78 is 16.7. The summed E-state index contributed by atoms with van der Waals surface area (Å²) in [6.45, 7) is 12.4. The van der Waals surface area contributed by atoms with Gasteiger partial charge in [-0.1, -0.05) is 13.8 Å². The van der Waals surface area contributed by atoms with Crippen LogP contribution in [0.3, 0.4) is 0 Å². The molecule has 0 bridgehead atoms. The first-order valence-corrected chi connectivity index (χ1v) is 9.67. The van der Waals surface area contributed by atoms with E-state index in [1.807, 2.05) is 0 Å². The molecule has 146 valence electrons. The zero-order chi connectivity index (χ0) is 19.3. The highest BCUT2D eigenvalue weighted by Crippen LogP contribution is 2.38. The highest BCUT2D eigenvalue weighted by molar-refractivity contribution is 6.03. The van der Waals surface area contributed by atoms with Crippen LogP contribution in [0.1, 0.15) is 58.6 Å². The second kappa shape index (κ2) is 8.90. The highest BCUT2D eigenvalue weighted by Gasteiger charge is 2.28. The standard InChI is InChI=1S/C22H35NO3/c1-15(2)16-11-17-13-21(26-10-8-9-24-6)20(25-7)14-18(17)19(12-16)23-22(3,4)5/h13-16H,8-12H2,1-7H3/b23-19+. The van der Waals surface area contributed by atoms with E-state index in [-0.39, 0.29) is 5.54 Å². The smallest absolute Gasteiger partial charge is 0.161 e. The van der Waals surface area contributed by atoms with Crippen molar-refractivity contribution in [1.29, 1.82) is 0 Å². The first-order valence-electron chi connectivity index (χ1n) is 9.67. The van der Waals surface area contributed by atoms with E-state index in [0.717, 1.165) is 30.8 Å². The number of fused-ring (bicyclic) bond motifs is 1. The van der Waals surface area contributed by atoms with Gasteiger partial charge >= 0.3 is 0 Å². The number of benzene rings is 1. The molecule has 0 heterocycles. The average molecular weight is 362 g/mol. The van der Waals surface area contributed by atoms with Gasteiger partial charge in [0.15, 0.2) is 11.5 Å². The van der Waals surface area contributed by atoms with Crippen LogP contribution in [0.15, 0.2) is 17.1 Å². The molecule has 1 unspecified atom stereocenters. The van der Waals surface area contributed by atoms with E-state index < -0.39 is 0 Å². The zero-order valence-electron chi connectivity index (χ0n) is 17.5. The fourth-order valence-corrected chi connectivity index (χ4v) is 3.39. The van der Waals surface area contributed by atoms with Crippen LogP contribution in [0, 0.1) is 11.8 Å². The van der Waals surface area contributed by atoms with Crippen LogP contribution in [0.5, 0.6) is 11.5 Å². The number of nitrogens with zero attached hydrogens (tertiary/aromatic N) is 1. The van der Waals surface area contributed by atoms with E-state index in [1.165, 1.54) is 16.8 Å². The summed E-state index contributed by atoms with van der Waals surface area (Å²) in [4.78, 5) is 5.04. The number of ether oxygens (including phenoxy) is 3. The van der Waals surface area contributed by atoms with Crippen LogP contribution in [-0.2, 0) is 11.2 Å². The Morgan fingerprint density at radius 3 is 2.38 bits per heavy atom. The molecule has 0 aliphatic heterocycles. The topological polar surface area (TPSA) is 40.0 Å². The Morgan fingerprint density at radius 2 is 1.81 bits per heavy atom. The predicted octanol–water partition coefficient (Wildman–Crippen LogP) is 4.92. The third-order valence-corrected chi connectivity index (χ3v) is 4.80. The molecule has 0 aromatic heterocycles. The van der Waals surface area contributed by atoms with Crippen LogP contribution >= 0.6 is 0 Å². The van der Waals surface area contributed by atoms with Gasteiger partial charge in [-0.25, -0.2) is 0 Å². The zero-order valence-corrected chi connectivity index (χ0v) is 17.5. The van der Waals surface area contributed by atoms with E-state index >= 15 is 0 Å². The lowest BCUT2D eigenvalue weighted by atomic mass is 9.77. The Morgan fingerprint density at radius 1 is 1.08 bits per heavy atom. The molecule has 1 aliphatic carbocycles. The summed E-state index contributed by atoms with van der Waals surface area (Å²) in [6, 6.07) is 4.27. The number of hydrogen-bond donors (Lipinski definition) is 0. The van der Waals surface area contributed by atoms with Gasteiger partial charge in [0.25, 0.3) is 0 Å². The van der Waals surface area contributed by atoms with E-state index in [1.54, 1.807) is 14.2 Å². The van der Waals surface area contributed by atoms with Crippen molar-refractivity contribution in [3.05, 3.63) is 23.3 Å². The van der Waals surface area contributed by atoms with Gasteiger partial charge in [-0.05, 0) is 63.1 Å². The van der Waals surface area contributed by atoms with Crippen LogP contribution in [0.4, 0.5) is 0 Å². The lowest BCUT2D eigenvalue weighted by molar-refractivity contribution is 0.170. The number of hydrogen-bond acceptors (Lipinski definition) is 4. The highest BCUT2D eigenvalue weighted by atomic mass is 16.5. The predicted molar refractivity (Wildman–Crippen MR) is 108 cm³/mol. The van der Waals surface area contributed by atoms with Crippen molar-refractivity contribution in [2.24, 2.45) is 16.8 Å². The molecular weight excluding hydrogens is 326 g/mol. The second-order valence-corrected chi connectivity index (χ2v) is 8.50. The molecule has 26 heavy (non-hydrogen) atoms. The maximum Gasteiger partial charge on any atom is 0.161 e. The van der Waals surface area contributed by atoms with Gasteiger partial charge in [-0.15, -0.1) is 0 Å². The van der Waals surface area contributed by atoms with Gasteiger partial charge in [0.2, 0.25) is 0 Å². The SMILES string of the molecule is COCCCOc1cc2c(cc1OC)/C(=N/C(C)(C)C)CC(C(C)C)C2. The molecule has 0 radical (unpaired) electrons. The lowest BCUT2D eigenvalue weighted by Crippen LogP contribution is -2.27. The van der Waals surface area contributed by atoms with Gasteiger partial charge in [-0.3, -0.25) is 4.99 Å². The van der Waals surface area contributed by atoms with Crippen LogP contribution in [-0.4, -0.2) is 38.7 Å². The van der Waals surface area contributed by atoms with Crippen molar-refractivity contribution in [1.82, 2.24) is 0 Å². The molecule has 1 atom stereocenters. The number of aliphatic imine (C=N–C) groups is 1. The van der Waals surface area contributed by atoms with Crippen LogP contribution < -0.4 is 9.47 Å². The van der Waals surface area contributed by atoms with Crippen molar-refractivity contribution in [3.63, 3.8) is 0 Å². The largest absolute Gasteiger partial charge is 0.493 e. The lowest BCUT2D eigenvalue weighted by Gasteiger charge is -2.31. The van der Waals surface area contributed by atoms with Crippen LogP contribution in [0.2, 0.25) is 0 Å². The molecule has 1 aromatic carbocycles. The summed E-state index contributed by atoms with van der Waals surface area (Å²) >= 11 is 0. The van der Waals surface area contributed by atoms with E-state index in [2.05, 4.69) is 46.8 Å². The Balaban J connectivity index is 2.39. The summed E-state index contributed by atoms with van der Waals surface area (Å²) in [5, 5.41) is 0. The maximum absolute atomic E-state index is 5.98. The molecule has 0 fully saturated rings. The minimum absolute atomic E-state index is 0.0893. The number of methoxy groups -OCH3 is 2. The first-order chi connectivity index (χ1) is 12.2. The van der Waals surface area contributed by atoms with Crippen molar-refractivity contribution < 1.29 is 14.2 Å². The molecule has 1 aliphatic rings. The van der Waals surface area contributed by atoms with Gasteiger partial charge < -0.3 is 14.2 Å². The number of rotatable bonds is 7. The van der Waals surface area contributed by atoms with Crippen molar-refractivity contribution in [2.75, 3.05) is 27.4 Å². The summed E-state index contributed by atoms with van der Waals surface area (Å²) in [7, 11) is 3.41. The Kier molecular flexibility index (Phi) is 7.10. The summed E-state index contributed by atoms with van der Waals surface area (Å²) in [5.74, 6) is 2.84. The van der Waals surface area contributed by atoms with Gasteiger partial charge in [0.05, 0.1) is 19.3 Å². The molecule has 2 rings (SSSR count). The third kappa shape index (κ3) is 5.47. The average Bonchev–Trinajstić information content (AvgIpc) is 2.56. The molecule has 4 nitrogen and oxygen atoms in total. The van der Waals surface area contributed by atoms with E-state index in [4.69, 9.17) is 19.2 Å². The molecule has 0 saturated carbocycles. The Hall–Kier alpha value is -1.55. The quantitative estimate of drug-likeness (QED) is 0.647. The fourth-order valence-electron chi connectivity index (χ4n) is 3.39. The van der Waals surface area contributed by atoms with Gasteiger partial charge in [0, 0.05) is 31.4 Å². The van der Waals surface area contributed by atoms with Crippen LogP contribution in [0.25, 0.3) is 0 Å². The fraction of sp³-hybridized carbons (Fsp3) is 0.682. The minimum Gasteiger partial charge on any atom is -0.493 e. The monoisotopic (exact) mass is 361 g/mol. The summed E-state index contributed by atoms with van der Waals surface area (Å²) in [5.41, 5.74) is 3.65. The normalized spacial score (nSPS) is 18.9. The minimum atomic E-state index is -0.0893. The molecule has 1 aromatic rings. The molecule has 0 spiro atoms. The third-order valence-electron chi connectivity index (χ3n) is 4.80. The van der Waals surface area contributed by atoms with Crippen molar-refractivity contribution >= 4 is 5.71 Å².